The van der Waals surface area contributed by atoms with Crippen molar-refractivity contribution >= 4 is 33.5 Å². The summed E-state index contributed by atoms with van der Waals surface area (Å²) in [4.78, 5) is 12.4. The van der Waals surface area contributed by atoms with Crippen molar-refractivity contribution in [2.45, 2.75) is 24.5 Å². The molecule has 1 aromatic rings. The van der Waals surface area contributed by atoms with Gasteiger partial charge < -0.3 is 4.74 Å². The van der Waals surface area contributed by atoms with E-state index in [-0.39, 0.29) is 11.0 Å². The average Bonchev–Trinajstić information content (AvgIpc) is 2.39. The van der Waals surface area contributed by atoms with Gasteiger partial charge >= 0.3 is 0 Å². The van der Waals surface area contributed by atoms with E-state index in [0.29, 0.717) is 11.3 Å². The zero-order chi connectivity index (χ0) is 12.3. The van der Waals surface area contributed by atoms with Gasteiger partial charge in [-0.2, -0.15) is 11.8 Å². The lowest BCUT2D eigenvalue weighted by atomic mass is 10.0. The monoisotopic (exact) mass is 314 g/mol. The molecule has 92 valence electrons. The van der Waals surface area contributed by atoms with Crippen molar-refractivity contribution in [3.8, 4) is 5.75 Å². The lowest BCUT2D eigenvalue weighted by molar-refractivity contribution is 0.0982. The summed E-state index contributed by atoms with van der Waals surface area (Å²) in [6.07, 6.45) is 3.37. The van der Waals surface area contributed by atoms with Gasteiger partial charge in [-0.25, -0.2) is 0 Å². The highest BCUT2D eigenvalue weighted by Crippen LogP contribution is 2.31. The number of carbonyl (C=O) groups is 1. The van der Waals surface area contributed by atoms with Crippen molar-refractivity contribution in [3.63, 3.8) is 0 Å². The summed E-state index contributed by atoms with van der Waals surface area (Å²) in [5, 5.41) is 0.110. The van der Waals surface area contributed by atoms with Crippen LogP contribution in [-0.4, -0.2) is 23.9 Å². The molecule has 1 atom stereocenters. The molecule has 1 saturated heterocycles. The van der Waals surface area contributed by atoms with E-state index in [0.717, 1.165) is 23.1 Å². The van der Waals surface area contributed by atoms with Crippen LogP contribution in [-0.2, 0) is 0 Å². The lowest BCUT2D eigenvalue weighted by Crippen LogP contribution is -2.21. The van der Waals surface area contributed by atoms with Gasteiger partial charge in [0, 0.05) is 4.47 Å². The molecule has 1 fully saturated rings. The van der Waals surface area contributed by atoms with Gasteiger partial charge in [-0.3, -0.25) is 4.79 Å². The second-order valence-electron chi connectivity index (χ2n) is 4.06. The molecule has 0 saturated carbocycles. The third-order valence-corrected chi connectivity index (χ3v) is 4.77. The number of halogens is 1. The number of thioether (sulfide) groups is 1. The molecule has 0 radical (unpaired) electrons. The topological polar surface area (TPSA) is 26.3 Å². The number of rotatable bonds is 3. The molecule has 0 bridgehead atoms. The molecule has 2 rings (SSSR count). The minimum atomic E-state index is 0.110. The SMILES string of the molecule is COc1cc(Br)ccc1C(=O)C1CCCCS1. The van der Waals surface area contributed by atoms with E-state index in [2.05, 4.69) is 15.9 Å². The van der Waals surface area contributed by atoms with Crippen LogP contribution >= 0.6 is 27.7 Å². The minimum Gasteiger partial charge on any atom is -0.496 e. The molecule has 0 spiro atoms. The van der Waals surface area contributed by atoms with E-state index in [9.17, 15) is 4.79 Å². The standard InChI is InChI=1S/C13H15BrO2S/c1-16-11-8-9(14)5-6-10(11)13(15)12-4-2-3-7-17-12/h5-6,8,12H,2-4,7H2,1H3. The zero-order valence-electron chi connectivity index (χ0n) is 9.74. The Balaban J connectivity index is 2.23. The highest BCUT2D eigenvalue weighted by atomic mass is 79.9. The summed E-state index contributed by atoms with van der Waals surface area (Å²) in [5.74, 6) is 1.96. The Morgan fingerprint density at radius 1 is 1.47 bits per heavy atom. The summed E-state index contributed by atoms with van der Waals surface area (Å²) in [6.45, 7) is 0. The summed E-state index contributed by atoms with van der Waals surface area (Å²) in [7, 11) is 1.60. The number of ether oxygens (including phenoxy) is 1. The van der Waals surface area contributed by atoms with E-state index < -0.39 is 0 Å². The quantitative estimate of drug-likeness (QED) is 0.791. The molecule has 1 aromatic carbocycles. The normalized spacial score (nSPS) is 20.0. The van der Waals surface area contributed by atoms with Gasteiger partial charge in [0.1, 0.15) is 5.75 Å². The average molecular weight is 315 g/mol. The van der Waals surface area contributed by atoms with Crippen molar-refractivity contribution in [1.29, 1.82) is 0 Å². The second-order valence-corrected chi connectivity index (χ2v) is 6.29. The van der Waals surface area contributed by atoms with E-state index in [1.54, 1.807) is 18.9 Å². The molecule has 0 N–H and O–H groups in total. The lowest BCUT2D eigenvalue weighted by Gasteiger charge is -2.20. The van der Waals surface area contributed by atoms with Gasteiger partial charge in [0.25, 0.3) is 0 Å². The fourth-order valence-corrected chi connectivity index (χ4v) is 3.60. The third-order valence-electron chi connectivity index (χ3n) is 2.90. The third kappa shape index (κ3) is 3.05. The van der Waals surface area contributed by atoms with Crippen LogP contribution in [0, 0.1) is 0 Å². The Labute approximate surface area is 114 Å². The van der Waals surface area contributed by atoms with Crippen LogP contribution < -0.4 is 4.74 Å². The molecular weight excluding hydrogens is 300 g/mol. The Morgan fingerprint density at radius 2 is 2.29 bits per heavy atom. The summed E-state index contributed by atoms with van der Waals surface area (Å²) in [6, 6.07) is 5.59. The van der Waals surface area contributed by atoms with Crippen LogP contribution in [0.1, 0.15) is 29.6 Å². The highest BCUT2D eigenvalue weighted by Gasteiger charge is 2.25. The maximum absolute atomic E-state index is 12.4. The molecular formula is C13H15BrO2S. The minimum absolute atomic E-state index is 0.110. The molecule has 0 aliphatic carbocycles. The van der Waals surface area contributed by atoms with E-state index >= 15 is 0 Å². The number of carbonyl (C=O) groups excluding carboxylic acids is 1. The van der Waals surface area contributed by atoms with Crippen LogP contribution in [0.5, 0.6) is 5.75 Å². The van der Waals surface area contributed by atoms with Gasteiger partial charge in [0.15, 0.2) is 5.78 Å². The predicted octanol–water partition coefficient (Wildman–Crippen LogP) is 3.93. The highest BCUT2D eigenvalue weighted by molar-refractivity contribution is 9.10. The van der Waals surface area contributed by atoms with Gasteiger partial charge in [-0.15, -0.1) is 0 Å². The van der Waals surface area contributed by atoms with Gasteiger partial charge in [-0.05, 0) is 36.8 Å². The Hall–Kier alpha value is -0.480. The Bertz CT molecular complexity index is 414. The van der Waals surface area contributed by atoms with Gasteiger partial charge in [-0.1, -0.05) is 22.4 Å². The number of benzene rings is 1. The van der Waals surface area contributed by atoms with Crippen LogP contribution in [0.4, 0.5) is 0 Å². The maximum Gasteiger partial charge on any atom is 0.179 e. The number of ketones is 1. The van der Waals surface area contributed by atoms with Crippen molar-refractivity contribution < 1.29 is 9.53 Å². The van der Waals surface area contributed by atoms with Crippen LogP contribution in [0.2, 0.25) is 0 Å². The fourth-order valence-electron chi connectivity index (χ4n) is 1.99. The molecule has 1 aliphatic rings. The number of methoxy groups -OCH3 is 1. The molecule has 1 unspecified atom stereocenters. The van der Waals surface area contributed by atoms with Crippen molar-refractivity contribution in [2.24, 2.45) is 0 Å². The summed E-state index contributed by atoms with van der Waals surface area (Å²) < 4.78 is 6.21. The molecule has 2 nitrogen and oxygen atoms in total. The predicted molar refractivity (Wildman–Crippen MR) is 75.1 cm³/mol. The van der Waals surface area contributed by atoms with Gasteiger partial charge in [0.2, 0.25) is 0 Å². The van der Waals surface area contributed by atoms with Crippen molar-refractivity contribution in [2.75, 3.05) is 12.9 Å². The van der Waals surface area contributed by atoms with Crippen molar-refractivity contribution in [1.82, 2.24) is 0 Å². The van der Waals surface area contributed by atoms with Gasteiger partial charge in [0.05, 0.1) is 17.9 Å². The van der Waals surface area contributed by atoms with Crippen LogP contribution in [0.15, 0.2) is 22.7 Å². The van der Waals surface area contributed by atoms with Crippen LogP contribution in [0.3, 0.4) is 0 Å². The molecule has 4 heteroatoms. The molecule has 0 amide bonds. The zero-order valence-corrected chi connectivity index (χ0v) is 12.1. The first-order valence-corrected chi connectivity index (χ1v) is 7.56. The van der Waals surface area contributed by atoms with E-state index in [1.165, 1.54) is 6.42 Å². The molecule has 1 aliphatic heterocycles. The maximum atomic E-state index is 12.4. The second kappa shape index (κ2) is 5.91. The first-order valence-electron chi connectivity index (χ1n) is 5.71. The fraction of sp³-hybridized carbons (Fsp3) is 0.462. The number of Topliss-reactive ketones (excluding diaryl/α,β-unsaturated/α-hetero) is 1. The summed E-state index contributed by atoms with van der Waals surface area (Å²) in [5.41, 5.74) is 0.704. The number of hydrogen-bond donors (Lipinski definition) is 0. The van der Waals surface area contributed by atoms with E-state index in [4.69, 9.17) is 4.74 Å². The first kappa shape index (κ1) is 13.0. The molecule has 1 heterocycles. The molecule has 17 heavy (non-hydrogen) atoms. The smallest absolute Gasteiger partial charge is 0.179 e. The van der Waals surface area contributed by atoms with E-state index in [1.807, 2.05) is 18.2 Å². The summed E-state index contributed by atoms with van der Waals surface area (Å²) >= 11 is 5.16. The van der Waals surface area contributed by atoms with Crippen molar-refractivity contribution in [3.05, 3.63) is 28.2 Å². The molecule has 0 aromatic heterocycles. The number of hydrogen-bond acceptors (Lipinski definition) is 3. The first-order chi connectivity index (χ1) is 8.22. The Morgan fingerprint density at radius 3 is 2.94 bits per heavy atom. The Kier molecular flexibility index (Phi) is 4.51. The largest absolute Gasteiger partial charge is 0.496 e. The van der Waals surface area contributed by atoms with Crippen LogP contribution in [0.25, 0.3) is 0 Å².